The van der Waals surface area contributed by atoms with E-state index in [2.05, 4.69) is 15.9 Å². The van der Waals surface area contributed by atoms with Crippen molar-refractivity contribution in [2.24, 2.45) is 0 Å². The Morgan fingerprint density at radius 3 is 2.62 bits per heavy atom. The molecule has 16 heavy (non-hydrogen) atoms. The molecule has 0 atom stereocenters. The first-order valence-corrected chi connectivity index (χ1v) is 5.38. The summed E-state index contributed by atoms with van der Waals surface area (Å²) in [6.45, 7) is 3.54. The predicted molar refractivity (Wildman–Crippen MR) is 61.5 cm³/mol. The number of rotatable bonds is 3. The second-order valence-electron chi connectivity index (χ2n) is 3.10. The van der Waals surface area contributed by atoms with E-state index in [0.717, 1.165) is 0 Å². The minimum atomic E-state index is -0.492. The van der Waals surface area contributed by atoms with E-state index < -0.39 is 10.9 Å². The molecular formula is C10H10BrNO4. The number of benzene rings is 1. The number of nitro benzene ring substituents is 1. The Hall–Kier alpha value is -1.43. The molecule has 0 aliphatic rings. The second-order valence-corrected chi connectivity index (χ2v) is 3.96. The van der Waals surface area contributed by atoms with Crippen molar-refractivity contribution in [3.8, 4) is 0 Å². The van der Waals surface area contributed by atoms with Gasteiger partial charge in [0.05, 0.1) is 21.6 Å². The molecule has 0 saturated carbocycles. The van der Waals surface area contributed by atoms with Gasteiger partial charge in [-0.1, -0.05) is 0 Å². The molecule has 5 nitrogen and oxygen atoms in total. The van der Waals surface area contributed by atoms with E-state index in [1.54, 1.807) is 13.8 Å². The number of nitrogens with zero attached hydrogens (tertiary/aromatic N) is 1. The SMILES string of the molecule is CCOC(=O)c1cc(C)c([N+](=O)[O-])c(Br)c1. The van der Waals surface area contributed by atoms with E-state index in [1.807, 2.05) is 0 Å². The zero-order valence-electron chi connectivity index (χ0n) is 8.82. The average Bonchev–Trinajstić information content (AvgIpc) is 2.16. The quantitative estimate of drug-likeness (QED) is 0.487. The van der Waals surface area contributed by atoms with Gasteiger partial charge in [0.25, 0.3) is 5.69 Å². The van der Waals surface area contributed by atoms with E-state index in [-0.39, 0.29) is 16.8 Å². The molecule has 6 heteroatoms. The van der Waals surface area contributed by atoms with Gasteiger partial charge >= 0.3 is 5.97 Å². The summed E-state index contributed by atoms with van der Waals surface area (Å²) < 4.78 is 5.09. The van der Waals surface area contributed by atoms with E-state index >= 15 is 0 Å². The van der Waals surface area contributed by atoms with Gasteiger partial charge in [0.2, 0.25) is 0 Å². The highest BCUT2D eigenvalue weighted by atomic mass is 79.9. The molecule has 0 aromatic heterocycles. The molecule has 0 aliphatic heterocycles. The lowest BCUT2D eigenvalue weighted by molar-refractivity contribution is -0.386. The monoisotopic (exact) mass is 287 g/mol. The first-order chi connectivity index (χ1) is 7.47. The number of carbonyl (C=O) groups excluding carboxylic acids is 1. The topological polar surface area (TPSA) is 69.4 Å². The fourth-order valence-electron chi connectivity index (χ4n) is 1.30. The van der Waals surface area contributed by atoms with Crippen LogP contribution in [0.15, 0.2) is 16.6 Å². The standard InChI is InChI=1S/C10H10BrNO4/c1-3-16-10(13)7-4-6(2)9(12(14)15)8(11)5-7/h4-5H,3H2,1-2H3. The summed E-state index contributed by atoms with van der Waals surface area (Å²) >= 11 is 3.07. The van der Waals surface area contributed by atoms with Gasteiger partial charge in [0.1, 0.15) is 0 Å². The highest BCUT2D eigenvalue weighted by Gasteiger charge is 2.19. The molecule has 0 saturated heterocycles. The number of nitro groups is 1. The summed E-state index contributed by atoms with van der Waals surface area (Å²) in [7, 11) is 0. The first-order valence-electron chi connectivity index (χ1n) is 4.59. The Kier molecular flexibility index (Phi) is 4.00. The fraction of sp³-hybridized carbons (Fsp3) is 0.300. The van der Waals surface area contributed by atoms with Crippen LogP contribution in [-0.2, 0) is 4.74 Å². The number of esters is 1. The highest BCUT2D eigenvalue weighted by Crippen LogP contribution is 2.30. The van der Waals surface area contributed by atoms with Crippen molar-refractivity contribution in [1.29, 1.82) is 0 Å². The van der Waals surface area contributed by atoms with Crippen molar-refractivity contribution in [3.05, 3.63) is 37.8 Å². The van der Waals surface area contributed by atoms with Gasteiger partial charge in [-0.25, -0.2) is 4.79 Å². The molecular weight excluding hydrogens is 278 g/mol. The minimum Gasteiger partial charge on any atom is -0.462 e. The van der Waals surface area contributed by atoms with Crippen LogP contribution in [0.2, 0.25) is 0 Å². The summed E-state index contributed by atoms with van der Waals surface area (Å²) in [6, 6.07) is 2.84. The maximum Gasteiger partial charge on any atom is 0.338 e. The van der Waals surface area contributed by atoms with Gasteiger partial charge in [-0.2, -0.15) is 0 Å². The van der Waals surface area contributed by atoms with Crippen molar-refractivity contribution in [1.82, 2.24) is 0 Å². The molecule has 0 radical (unpaired) electrons. The third-order valence-electron chi connectivity index (χ3n) is 1.95. The van der Waals surface area contributed by atoms with Gasteiger partial charge in [-0.05, 0) is 41.9 Å². The van der Waals surface area contributed by atoms with Crippen LogP contribution in [-0.4, -0.2) is 17.5 Å². The third kappa shape index (κ3) is 2.57. The maximum atomic E-state index is 11.4. The minimum absolute atomic E-state index is 0.0342. The Bertz CT molecular complexity index is 421. The zero-order chi connectivity index (χ0) is 12.3. The van der Waals surface area contributed by atoms with Gasteiger partial charge in [-0.15, -0.1) is 0 Å². The summed E-state index contributed by atoms with van der Waals surface area (Å²) in [6.07, 6.45) is 0. The summed E-state index contributed by atoms with van der Waals surface area (Å²) in [4.78, 5) is 21.6. The van der Waals surface area contributed by atoms with Crippen molar-refractivity contribution in [2.45, 2.75) is 13.8 Å². The van der Waals surface area contributed by atoms with E-state index in [4.69, 9.17) is 4.74 Å². The predicted octanol–water partition coefficient (Wildman–Crippen LogP) is 2.84. The summed E-state index contributed by atoms with van der Waals surface area (Å²) in [5.41, 5.74) is 0.687. The van der Waals surface area contributed by atoms with Crippen molar-refractivity contribution < 1.29 is 14.5 Å². The Balaban J connectivity index is 3.19. The van der Waals surface area contributed by atoms with Gasteiger partial charge in [0.15, 0.2) is 0 Å². The van der Waals surface area contributed by atoms with E-state index in [1.165, 1.54) is 12.1 Å². The summed E-state index contributed by atoms with van der Waals surface area (Å²) in [5, 5.41) is 10.7. The first kappa shape index (κ1) is 12.6. The lowest BCUT2D eigenvalue weighted by atomic mass is 10.1. The van der Waals surface area contributed by atoms with Crippen molar-refractivity contribution in [3.63, 3.8) is 0 Å². The van der Waals surface area contributed by atoms with Crippen molar-refractivity contribution in [2.75, 3.05) is 6.61 Å². The van der Waals surface area contributed by atoms with Crippen LogP contribution in [0.25, 0.3) is 0 Å². The van der Waals surface area contributed by atoms with Crippen LogP contribution in [0.1, 0.15) is 22.8 Å². The molecule has 0 spiro atoms. The fourth-order valence-corrected chi connectivity index (χ4v) is 2.00. The van der Waals surface area contributed by atoms with Gasteiger partial charge in [0, 0.05) is 5.56 Å². The maximum absolute atomic E-state index is 11.4. The number of hydrogen-bond acceptors (Lipinski definition) is 4. The lowest BCUT2D eigenvalue weighted by Crippen LogP contribution is -2.06. The molecule has 1 rings (SSSR count). The van der Waals surface area contributed by atoms with Crippen LogP contribution in [0.4, 0.5) is 5.69 Å². The van der Waals surface area contributed by atoms with Crippen LogP contribution < -0.4 is 0 Å². The molecule has 1 aromatic carbocycles. The molecule has 0 bridgehead atoms. The summed E-state index contributed by atoms with van der Waals surface area (Å²) in [5.74, 6) is -0.485. The second kappa shape index (κ2) is 5.07. The lowest BCUT2D eigenvalue weighted by Gasteiger charge is -2.05. The molecule has 0 amide bonds. The number of hydrogen-bond donors (Lipinski definition) is 0. The molecule has 0 N–H and O–H groups in total. The molecule has 0 fully saturated rings. The molecule has 1 aromatic rings. The largest absolute Gasteiger partial charge is 0.462 e. The number of halogens is 1. The third-order valence-corrected chi connectivity index (χ3v) is 2.55. The molecule has 0 unspecified atom stereocenters. The number of aryl methyl sites for hydroxylation is 1. The Labute approximate surface area is 101 Å². The zero-order valence-corrected chi connectivity index (χ0v) is 10.4. The molecule has 86 valence electrons. The van der Waals surface area contributed by atoms with Crippen LogP contribution >= 0.6 is 15.9 Å². The smallest absolute Gasteiger partial charge is 0.338 e. The van der Waals surface area contributed by atoms with Crippen LogP contribution in [0.3, 0.4) is 0 Å². The number of ether oxygens (including phenoxy) is 1. The van der Waals surface area contributed by atoms with Crippen LogP contribution in [0.5, 0.6) is 0 Å². The van der Waals surface area contributed by atoms with Crippen LogP contribution in [0, 0.1) is 17.0 Å². The van der Waals surface area contributed by atoms with E-state index in [0.29, 0.717) is 11.1 Å². The Morgan fingerprint density at radius 1 is 1.56 bits per heavy atom. The normalized spacial score (nSPS) is 9.94. The van der Waals surface area contributed by atoms with Gasteiger partial charge < -0.3 is 4.74 Å². The highest BCUT2D eigenvalue weighted by molar-refractivity contribution is 9.10. The van der Waals surface area contributed by atoms with Gasteiger partial charge in [-0.3, -0.25) is 10.1 Å². The number of carbonyl (C=O) groups is 1. The average molecular weight is 288 g/mol. The Morgan fingerprint density at radius 2 is 2.19 bits per heavy atom. The molecule has 0 heterocycles. The molecule has 0 aliphatic carbocycles. The van der Waals surface area contributed by atoms with E-state index in [9.17, 15) is 14.9 Å². The van der Waals surface area contributed by atoms with Crippen molar-refractivity contribution >= 4 is 27.6 Å².